The highest BCUT2D eigenvalue weighted by molar-refractivity contribution is 6.31. The number of benzene rings is 3. The maximum Gasteiger partial charge on any atom is 0.328 e. The first kappa shape index (κ1) is 27.3. The van der Waals surface area contributed by atoms with Gasteiger partial charge in [-0.1, -0.05) is 53.6 Å². The highest BCUT2D eigenvalue weighted by Crippen LogP contribution is 2.65. The van der Waals surface area contributed by atoms with Gasteiger partial charge in [0.1, 0.15) is 11.6 Å². The van der Waals surface area contributed by atoms with Gasteiger partial charge >= 0.3 is 6.03 Å². The molecule has 218 valence electrons. The van der Waals surface area contributed by atoms with Crippen LogP contribution >= 0.6 is 11.6 Å². The number of imide groups is 4. The molecule has 2 aliphatic carbocycles. The number of anilines is 1. The number of carbonyl (C=O) groups is 5. The molecule has 3 aromatic carbocycles. The molecular formula is C32H25ClFN3O6. The molecule has 11 heteroatoms. The minimum atomic E-state index is -1.44. The van der Waals surface area contributed by atoms with Gasteiger partial charge in [0, 0.05) is 11.5 Å². The summed E-state index contributed by atoms with van der Waals surface area (Å²) >= 11 is 6.04. The van der Waals surface area contributed by atoms with E-state index in [0.717, 1.165) is 16.4 Å². The molecule has 43 heavy (non-hydrogen) atoms. The number of nitrogens with zero attached hydrogens (tertiary/aromatic N) is 2. The number of hydrogen-bond donors (Lipinski definition) is 2. The number of fused-ring (bicyclic) bond motifs is 5. The quantitative estimate of drug-likeness (QED) is 0.324. The fourth-order valence-corrected chi connectivity index (χ4v) is 8.17. The van der Waals surface area contributed by atoms with Crippen LogP contribution in [-0.2, 0) is 19.2 Å². The summed E-state index contributed by atoms with van der Waals surface area (Å²) in [5.41, 5.74) is 5.12. The van der Waals surface area contributed by atoms with Crippen LogP contribution in [0.15, 0.2) is 66.2 Å². The van der Waals surface area contributed by atoms with E-state index in [4.69, 9.17) is 17.3 Å². The molecule has 0 bridgehead atoms. The minimum Gasteiger partial charge on any atom is -0.508 e. The number of aromatic hydroxyl groups is 1. The monoisotopic (exact) mass is 601 g/mol. The molecule has 7 rings (SSSR count). The molecule has 0 radical (unpaired) electrons. The molecule has 3 N–H and O–H groups in total. The second-order valence-corrected chi connectivity index (χ2v) is 12.2. The number of halogens is 2. The molecule has 3 fully saturated rings. The number of phenolic OH excluding ortho intramolecular Hbond substituents is 1. The van der Waals surface area contributed by atoms with Crippen molar-refractivity contribution in [3.05, 3.63) is 82.6 Å². The van der Waals surface area contributed by atoms with Crippen LogP contribution in [-0.4, -0.2) is 39.7 Å². The van der Waals surface area contributed by atoms with Crippen LogP contribution in [0.3, 0.4) is 0 Å². The number of nitrogens with two attached hydrogens (primary N) is 1. The topological polar surface area (TPSA) is 138 Å². The third-order valence-corrected chi connectivity index (χ3v) is 10.2. The van der Waals surface area contributed by atoms with Crippen LogP contribution in [0, 0.1) is 34.9 Å². The van der Waals surface area contributed by atoms with Gasteiger partial charge in [0.2, 0.25) is 23.6 Å². The summed E-state index contributed by atoms with van der Waals surface area (Å²) in [6, 6.07) is 13.0. The van der Waals surface area contributed by atoms with Gasteiger partial charge in [0.05, 0.1) is 33.9 Å². The van der Waals surface area contributed by atoms with E-state index in [1.165, 1.54) is 18.2 Å². The summed E-state index contributed by atoms with van der Waals surface area (Å²) in [7, 11) is 0. The van der Waals surface area contributed by atoms with Gasteiger partial charge in [-0.15, -0.1) is 0 Å². The Morgan fingerprint density at radius 1 is 1.02 bits per heavy atom. The first-order chi connectivity index (χ1) is 20.5. The summed E-state index contributed by atoms with van der Waals surface area (Å²) in [6.07, 6.45) is 1.96. The number of likely N-dealkylation sites (tertiary alicyclic amines) is 1. The second-order valence-electron chi connectivity index (χ2n) is 11.8. The van der Waals surface area contributed by atoms with Gasteiger partial charge in [-0.25, -0.2) is 14.1 Å². The Balaban J connectivity index is 1.47. The Kier molecular flexibility index (Phi) is 5.84. The lowest BCUT2D eigenvalue weighted by molar-refractivity contribution is -0.136. The number of phenols is 1. The van der Waals surface area contributed by atoms with Crippen molar-refractivity contribution >= 4 is 57.7 Å². The van der Waals surface area contributed by atoms with Gasteiger partial charge in [0.25, 0.3) is 0 Å². The third-order valence-electron chi connectivity index (χ3n) is 9.89. The van der Waals surface area contributed by atoms with Gasteiger partial charge in [-0.05, 0) is 60.7 Å². The molecule has 6 amide bonds. The molecule has 0 spiro atoms. The molecule has 6 atom stereocenters. The highest BCUT2D eigenvalue weighted by Gasteiger charge is 2.68. The summed E-state index contributed by atoms with van der Waals surface area (Å²) in [4.78, 5) is 69.0. The zero-order chi connectivity index (χ0) is 30.5. The number of primary amides is 1. The molecule has 3 aromatic rings. The maximum atomic E-state index is 14.5. The molecule has 9 nitrogen and oxygen atoms in total. The van der Waals surface area contributed by atoms with Crippen LogP contribution in [0.5, 0.6) is 5.75 Å². The molecule has 2 aliphatic heterocycles. The Hall–Kier alpha value is -4.57. The number of carbonyl (C=O) groups excluding carboxylic acids is 5. The van der Waals surface area contributed by atoms with Gasteiger partial charge in [-0.3, -0.25) is 19.2 Å². The maximum absolute atomic E-state index is 14.5. The van der Waals surface area contributed by atoms with Gasteiger partial charge in [0.15, 0.2) is 0 Å². The van der Waals surface area contributed by atoms with Crippen molar-refractivity contribution in [3.63, 3.8) is 0 Å². The second kappa shape index (κ2) is 9.21. The minimum absolute atomic E-state index is 0.0349. The van der Waals surface area contributed by atoms with Crippen molar-refractivity contribution < 1.29 is 33.5 Å². The molecule has 0 unspecified atom stereocenters. The van der Waals surface area contributed by atoms with Crippen molar-refractivity contribution in [2.24, 2.45) is 34.8 Å². The smallest absolute Gasteiger partial charge is 0.328 e. The summed E-state index contributed by atoms with van der Waals surface area (Å²) in [5, 5.41) is 12.6. The van der Waals surface area contributed by atoms with Gasteiger partial charge < -0.3 is 10.8 Å². The van der Waals surface area contributed by atoms with Crippen molar-refractivity contribution in [1.82, 2.24) is 4.90 Å². The average Bonchev–Trinajstić information content (AvgIpc) is 3.35. The number of urea groups is 1. The third kappa shape index (κ3) is 3.53. The van der Waals surface area contributed by atoms with Crippen LogP contribution in [0.4, 0.5) is 14.9 Å². The molecule has 2 heterocycles. The van der Waals surface area contributed by atoms with E-state index in [9.17, 15) is 33.5 Å². The summed E-state index contributed by atoms with van der Waals surface area (Å²) < 4.78 is 14.1. The molecular weight excluding hydrogens is 577 g/mol. The van der Waals surface area contributed by atoms with Crippen LogP contribution in [0.1, 0.15) is 31.2 Å². The number of amides is 6. The van der Waals surface area contributed by atoms with E-state index in [2.05, 4.69) is 0 Å². The van der Waals surface area contributed by atoms with E-state index >= 15 is 0 Å². The normalized spacial score (nSPS) is 29.9. The van der Waals surface area contributed by atoms with E-state index in [-0.39, 0.29) is 29.3 Å². The van der Waals surface area contributed by atoms with E-state index in [0.29, 0.717) is 21.4 Å². The fraction of sp³-hybridized carbons (Fsp3) is 0.281. The number of rotatable bonds is 2. The van der Waals surface area contributed by atoms with Gasteiger partial charge in [-0.2, -0.15) is 4.90 Å². The summed E-state index contributed by atoms with van der Waals surface area (Å²) in [5.74, 6) is -7.74. The van der Waals surface area contributed by atoms with Crippen LogP contribution in [0.25, 0.3) is 10.8 Å². The molecule has 1 saturated carbocycles. The molecule has 0 aromatic heterocycles. The first-order valence-electron chi connectivity index (χ1n) is 13.9. The zero-order valence-electron chi connectivity index (χ0n) is 22.8. The number of hydrogen-bond acceptors (Lipinski definition) is 6. The molecule has 4 aliphatic rings. The van der Waals surface area contributed by atoms with Crippen LogP contribution in [0.2, 0.25) is 5.02 Å². The SMILES string of the molecule is C[C@@]12C(=O)N(c3ccc(F)c(Cl)c3)C(=O)[C@@H]1C[C@@H]1C(=CC[C@@H]3C(=O)N(C(N)=O)C(=O)[C@@H]31)[C@@H]2c1c(O)ccc2ccccc12. The van der Waals surface area contributed by atoms with Crippen molar-refractivity contribution in [2.75, 3.05) is 4.90 Å². The standard InChI is InChI=1S/C32H25ClFN3O6/c1-32-20(28(40)36(30(32)42)15-7-10-22(34)21(33)12-15)13-19-17(8-9-18-24(19)29(41)37(27(18)39)31(35)43)26(32)25-16-5-3-2-4-14(16)6-11-23(25)38/h2-8,10-12,18-20,24,26,38H,9,13H2,1H3,(H2,35,43)/t18-,19+,20-,24-,26+,32+/m0/s1. The Bertz CT molecular complexity index is 1860. The predicted molar refractivity (Wildman–Crippen MR) is 153 cm³/mol. The number of allylic oxidation sites excluding steroid dienone is 2. The predicted octanol–water partition coefficient (Wildman–Crippen LogP) is 4.65. The lowest BCUT2D eigenvalue weighted by atomic mass is 9.51. The first-order valence-corrected chi connectivity index (χ1v) is 14.3. The fourth-order valence-electron chi connectivity index (χ4n) is 8.00. The van der Waals surface area contributed by atoms with Crippen molar-refractivity contribution in [2.45, 2.75) is 25.7 Å². The Morgan fingerprint density at radius 2 is 1.77 bits per heavy atom. The lowest BCUT2D eigenvalue weighted by Gasteiger charge is -2.49. The highest BCUT2D eigenvalue weighted by atomic mass is 35.5. The zero-order valence-corrected chi connectivity index (χ0v) is 23.5. The van der Waals surface area contributed by atoms with Crippen molar-refractivity contribution in [1.29, 1.82) is 0 Å². The molecule has 2 saturated heterocycles. The van der Waals surface area contributed by atoms with E-state index in [1.807, 2.05) is 24.3 Å². The lowest BCUT2D eigenvalue weighted by Crippen LogP contribution is -2.49. The van der Waals surface area contributed by atoms with E-state index in [1.54, 1.807) is 19.1 Å². The van der Waals surface area contributed by atoms with Crippen LogP contribution < -0.4 is 10.6 Å². The average molecular weight is 602 g/mol. The Morgan fingerprint density at radius 3 is 2.49 bits per heavy atom. The Labute approximate surface area is 249 Å². The summed E-state index contributed by atoms with van der Waals surface area (Å²) in [6.45, 7) is 1.68. The van der Waals surface area contributed by atoms with Crippen molar-refractivity contribution in [3.8, 4) is 5.75 Å². The largest absolute Gasteiger partial charge is 0.508 e. The van der Waals surface area contributed by atoms with E-state index < -0.39 is 70.5 Å².